The third kappa shape index (κ3) is 3.53. The van der Waals surface area contributed by atoms with Crippen molar-refractivity contribution in [3.8, 4) is 11.1 Å². The standard InChI is InChI=1S/C19H17NO4S/c21-18(22)17(9-10-25)20-19(23)24-11-16-14-7-3-1-5-12(14)13-6-2-4-8-15(13)16/h1-8,10,16-17H,9,11H2,(H,20,23)(H,21,22)/t17-/m0/s1. The first-order valence-electron chi connectivity index (χ1n) is 7.89. The number of carboxylic acids is 1. The third-order valence-electron chi connectivity index (χ3n) is 4.27. The predicted molar refractivity (Wildman–Crippen MR) is 97.9 cm³/mol. The normalized spacial score (nSPS) is 13.4. The van der Waals surface area contributed by atoms with Crippen LogP contribution in [0.3, 0.4) is 0 Å². The van der Waals surface area contributed by atoms with E-state index in [9.17, 15) is 9.59 Å². The van der Waals surface area contributed by atoms with Crippen molar-refractivity contribution < 1.29 is 19.4 Å². The van der Waals surface area contributed by atoms with Crippen LogP contribution < -0.4 is 5.32 Å². The molecule has 2 aromatic carbocycles. The van der Waals surface area contributed by atoms with E-state index in [1.165, 1.54) is 5.37 Å². The number of amides is 1. The topological polar surface area (TPSA) is 75.6 Å². The van der Waals surface area contributed by atoms with E-state index < -0.39 is 18.1 Å². The molecule has 0 spiro atoms. The molecule has 2 aromatic rings. The van der Waals surface area contributed by atoms with Crippen LogP contribution in [-0.2, 0) is 9.53 Å². The molecule has 25 heavy (non-hydrogen) atoms. The van der Waals surface area contributed by atoms with Crippen LogP contribution in [-0.4, -0.2) is 35.2 Å². The minimum absolute atomic E-state index is 0.0630. The fourth-order valence-electron chi connectivity index (χ4n) is 3.10. The molecule has 2 N–H and O–H groups in total. The van der Waals surface area contributed by atoms with Crippen LogP contribution in [0.15, 0.2) is 48.5 Å². The lowest BCUT2D eigenvalue weighted by molar-refractivity contribution is -0.139. The Kier molecular flexibility index (Phi) is 5.09. The minimum Gasteiger partial charge on any atom is -0.480 e. The zero-order chi connectivity index (χ0) is 17.8. The Bertz CT molecular complexity index is 775. The van der Waals surface area contributed by atoms with Crippen molar-refractivity contribution >= 4 is 29.6 Å². The summed E-state index contributed by atoms with van der Waals surface area (Å²) in [4.78, 5) is 23.0. The number of hydrogen-bond acceptors (Lipinski definition) is 4. The van der Waals surface area contributed by atoms with Crippen molar-refractivity contribution in [2.24, 2.45) is 0 Å². The second-order valence-corrected chi connectivity index (χ2v) is 6.10. The number of fused-ring (bicyclic) bond motifs is 3. The van der Waals surface area contributed by atoms with Crippen molar-refractivity contribution in [1.29, 1.82) is 0 Å². The fraction of sp³-hybridized carbons (Fsp3) is 0.211. The summed E-state index contributed by atoms with van der Waals surface area (Å²) in [5.74, 6) is -1.21. The van der Waals surface area contributed by atoms with Crippen LogP contribution in [0, 0.1) is 0 Å². The average Bonchev–Trinajstić information content (AvgIpc) is 2.93. The number of benzene rings is 2. The van der Waals surface area contributed by atoms with Gasteiger partial charge in [0.1, 0.15) is 12.6 Å². The van der Waals surface area contributed by atoms with Crippen LogP contribution >= 0.6 is 12.2 Å². The van der Waals surface area contributed by atoms with E-state index in [2.05, 4.69) is 17.5 Å². The SMILES string of the molecule is O=C(N[C@@H](CC=S)C(=O)O)OCC1c2ccccc2-c2ccccc21. The molecule has 6 heteroatoms. The van der Waals surface area contributed by atoms with E-state index in [1.54, 1.807) is 0 Å². The molecule has 1 aliphatic carbocycles. The molecule has 0 fully saturated rings. The van der Waals surface area contributed by atoms with Crippen LogP contribution in [0.4, 0.5) is 4.79 Å². The molecule has 1 aliphatic rings. The predicted octanol–water partition coefficient (Wildman–Crippen LogP) is 3.37. The maximum absolute atomic E-state index is 12.0. The van der Waals surface area contributed by atoms with Gasteiger partial charge in [0.25, 0.3) is 0 Å². The van der Waals surface area contributed by atoms with Crippen LogP contribution in [0.25, 0.3) is 11.1 Å². The Labute approximate surface area is 150 Å². The van der Waals surface area contributed by atoms with Gasteiger partial charge in [0.2, 0.25) is 0 Å². The molecule has 0 saturated carbocycles. The van der Waals surface area contributed by atoms with Crippen molar-refractivity contribution in [3.63, 3.8) is 0 Å². The summed E-state index contributed by atoms with van der Waals surface area (Å²) in [7, 11) is 0. The molecule has 0 radical (unpaired) electrons. The summed E-state index contributed by atoms with van der Waals surface area (Å²) >= 11 is 4.66. The molecule has 0 aliphatic heterocycles. The number of thiocarbonyl (C=S) groups is 1. The highest BCUT2D eigenvalue weighted by Crippen LogP contribution is 2.44. The number of ether oxygens (including phenoxy) is 1. The third-order valence-corrected chi connectivity index (χ3v) is 4.46. The van der Waals surface area contributed by atoms with Gasteiger partial charge < -0.3 is 15.2 Å². The van der Waals surface area contributed by atoms with E-state index in [4.69, 9.17) is 9.84 Å². The number of carbonyl (C=O) groups is 2. The highest BCUT2D eigenvalue weighted by molar-refractivity contribution is 7.78. The lowest BCUT2D eigenvalue weighted by atomic mass is 9.98. The molecule has 5 nitrogen and oxygen atoms in total. The van der Waals surface area contributed by atoms with Crippen molar-refractivity contribution in [2.45, 2.75) is 18.4 Å². The van der Waals surface area contributed by atoms with E-state index >= 15 is 0 Å². The molecular weight excluding hydrogens is 338 g/mol. The Balaban J connectivity index is 1.72. The fourth-order valence-corrected chi connectivity index (χ4v) is 3.29. The number of nitrogens with one attached hydrogen (secondary N) is 1. The molecule has 0 aromatic heterocycles. The lowest BCUT2D eigenvalue weighted by Gasteiger charge is -2.16. The molecule has 3 rings (SSSR count). The van der Waals surface area contributed by atoms with Gasteiger partial charge >= 0.3 is 12.1 Å². The lowest BCUT2D eigenvalue weighted by Crippen LogP contribution is -2.41. The Morgan fingerprint density at radius 2 is 1.68 bits per heavy atom. The van der Waals surface area contributed by atoms with Crippen molar-refractivity contribution in [1.82, 2.24) is 5.32 Å². The summed E-state index contributed by atoms with van der Waals surface area (Å²) in [5, 5.41) is 12.7. The Morgan fingerprint density at radius 3 is 2.20 bits per heavy atom. The van der Waals surface area contributed by atoms with Gasteiger partial charge in [0, 0.05) is 12.3 Å². The Hall–Kier alpha value is -2.73. The zero-order valence-electron chi connectivity index (χ0n) is 13.3. The van der Waals surface area contributed by atoms with Crippen LogP contribution in [0.1, 0.15) is 23.5 Å². The summed E-state index contributed by atoms with van der Waals surface area (Å²) in [6, 6.07) is 14.9. The van der Waals surface area contributed by atoms with Gasteiger partial charge in [-0.05, 0) is 27.6 Å². The molecule has 128 valence electrons. The maximum Gasteiger partial charge on any atom is 0.407 e. The quantitative estimate of drug-likeness (QED) is 0.777. The smallest absolute Gasteiger partial charge is 0.407 e. The molecule has 0 saturated heterocycles. The van der Waals surface area contributed by atoms with Gasteiger partial charge in [-0.3, -0.25) is 0 Å². The van der Waals surface area contributed by atoms with E-state index in [0.29, 0.717) is 0 Å². The zero-order valence-corrected chi connectivity index (χ0v) is 14.2. The number of aliphatic carboxylic acids is 1. The summed E-state index contributed by atoms with van der Waals surface area (Å²) in [6.07, 6.45) is -0.694. The summed E-state index contributed by atoms with van der Waals surface area (Å²) < 4.78 is 5.31. The second-order valence-electron chi connectivity index (χ2n) is 5.76. The molecule has 0 bridgehead atoms. The number of hydrogen-bond donors (Lipinski definition) is 2. The Morgan fingerprint density at radius 1 is 1.12 bits per heavy atom. The van der Waals surface area contributed by atoms with Gasteiger partial charge in [-0.1, -0.05) is 60.7 Å². The number of carbonyl (C=O) groups excluding carboxylic acids is 1. The van der Waals surface area contributed by atoms with Crippen molar-refractivity contribution in [3.05, 3.63) is 59.7 Å². The van der Waals surface area contributed by atoms with Gasteiger partial charge in [-0.15, -0.1) is 0 Å². The average molecular weight is 355 g/mol. The summed E-state index contributed by atoms with van der Waals surface area (Å²) in [5.41, 5.74) is 4.47. The first-order chi connectivity index (χ1) is 12.1. The highest BCUT2D eigenvalue weighted by atomic mass is 32.1. The molecule has 0 unspecified atom stereocenters. The van der Waals surface area contributed by atoms with Gasteiger partial charge in [0.15, 0.2) is 0 Å². The van der Waals surface area contributed by atoms with E-state index in [0.717, 1.165) is 22.3 Å². The highest BCUT2D eigenvalue weighted by Gasteiger charge is 2.29. The molecule has 1 atom stereocenters. The first kappa shape index (κ1) is 17.1. The second kappa shape index (κ2) is 7.44. The van der Waals surface area contributed by atoms with E-state index in [1.807, 2.05) is 48.5 Å². The first-order valence-corrected chi connectivity index (χ1v) is 8.37. The van der Waals surface area contributed by atoms with E-state index in [-0.39, 0.29) is 18.9 Å². The minimum atomic E-state index is -1.14. The van der Waals surface area contributed by atoms with Gasteiger partial charge in [-0.2, -0.15) is 0 Å². The molecule has 1 amide bonds. The van der Waals surface area contributed by atoms with Crippen LogP contribution in [0.5, 0.6) is 0 Å². The molecule has 0 heterocycles. The molecular formula is C19H17NO4S. The number of alkyl carbamates (subject to hydrolysis) is 1. The van der Waals surface area contributed by atoms with Crippen LogP contribution in [0.2, 0.25) is 0 Å². The van der Waals surface area contributed by atoms with Gasteiger partial charge in [0.05, 0.1) is 0 Å². The van der Waals surface area contributed by atoms with Crippen molar-refractivity contribution in [2.75, 3.05) is 6.61 Å². The summed E-state index contributed by atoms with van der Waals surface area (Å²) in [6.45, 7) is 0.143. The maximum atomic E-state index is 12.0. The number of carboxylic acid groups (broad SMARTS) is 1. The number of rotatable bonds is 6. The monoisotopic (exact) mass is 355 g/mol. The largest absolute Gasteiger partial charge is 0.480 e. The van der Waals surface area contributed by atoms with Gasteiger partial charge in [-0.25, -0.2) is 9.59 Å².